The minimum atomic E-state index is -0.203. The third-order valence-corrected chi connectivity index (χ3v) is 4.80. The molecular formula is C20H17Cl2N5O2. The third kappa shape index (κ3) is 4.36. The number of benzene rings is 1. The van der Waals surface area contributed by atoms with Crippen LogP contribution < -0.4 is 4.74 Å². The molecule has 0 N–H and O–H groups in total. The maximum Gasteiger partial charge on any atom is 0.274 e. The van der Waals surface area contributed by atoms with Gasteiger partial charge in [-0.15, -0.1) is 0 Å². The van der Waals surface area contributed by atoms with E-state index in [-0.39, 0.29) is 12.6 Å². The second-order valence-electron chi connectivity index (χ2n) is 6.45. The maximum absolute atomic E-state index is 12.7. The Morgan fingerprint density at radius 1 is 1.17 bits per heavy atom. The number of carbonyl (C=O) groups is 1. The summed E-state index contributed by atoms with van der Waals surface area (Å²) < 4.78 is 9.08. The van der Waals surface area contributed by atoms with Crippen molar-refractivity contribution in [2.24, 2.45) is 0 Å². The van der Waals surface area contributed by atoms with Crippen molar-refractivity contribution in [3.8, 4) is 5.75 Å². The molecule has 9 heteroatoms. The summed E-state index contributed by atoms with van der Waals surface area (Å²) in [5.74, 6) is 0.286. The quantitative estimate of drug-likeness (QED) is 0.461. The number of hydrogen-bond acceptors (Lipinski definition) is 4. The van der Waals surface area contributed by atoms with Crippen molar-refractivity contribution in [1.82, 2.24) is 24.1 Å². The predicted octanol–water partition coefficient (Wildman–Crippen LogP) is 4.15. The zero-order valence-electron chi connectivity index (χ0n) is 15.5. The van der Waals surface area contributed by atoms with Crippen LogP contribution in [0.3, 0.4) is 0 Å². The fourth-order valence-corrected chi connectivity index (χ4v) is 3.31. The smallest absolute Gasteiger partial charge is 0.274 e. The van der Waals surface area contributed by atoms with Crippen LogP contribution in [0, 0.1) is 0 Å². The molecule has 0 radical (unpaired) electrons. The number of fused-ring (bicyclic) bond motifs is 1. The molecule has 29 heavy (non-hydrogen) atoms. The van der Waals surface area contributed by atoms with Crippen LogP contribution in [-0.2, 0) is 13.3 Å². The van der Waals surface area contributed by atoms with Crippen molar-refractivity contribution < 1.29 is 9.53 Å². The molecule has 0 aliphatic heterocycles. The summed E-state index contributed by atoms with van der Waals surface area (Å²) in [6.07, 6.45) is 5.50. The van der Waals surface area contributed by atoms with Gasteiger partial charge in [0.05, 0.1) is 17.3 Å². The number of rotatable bonds is 6. The molecule has 7 nitrogen and oxygen atoms in total. The molecule has 0 unspecified atom stereocenters. The van der Waals surface area contributed by atoms with Crippen molar-refractivity contribution >= 4 is 34.8 Å². The molecule has 1 amide bonds. The number of ether oxygens (including phenoxy) is 1. The molecule has 4 rings (SSSR count). The lowest BCUT2D eigenvalue weighted by molar-refractivity contribution is 0.0775. The Morgan fingerprint density at radius 3 is 2.83 bits per heavy atom. The Bertz CT molecular complexity index is 1140. The van der Waals surface area contributed by atoms with Crippen LogP contribution in [-0.4, -0.2) is 37.0 Å². The molecule has 148 valence electrons. The Hall–Kier alpha value is -3.03. The van der Waals surface area contributed by atoms with Crippen LogP contribution >= 0.6 is 23.2 Å². The first-order chi connectivity index (χ1) is 14.0. The van der Waals surface area contributed by atoms with Gasteiger partial charge in [0.1, 0.15) is 11.4 Å². The number of hydrogen-bond donors (Lipinski definition) is 0. The van der Waals surface area contributed by atoms with E-state index in [1.54, 1.807) is 42.4 Å². The Kier molecular flexibility index (Phi) is 5.42. The molecule has 0 atom stereocenters. The lowest BCUT2D eigenvalue weighted by Gasteiger charge is -2.14. The number of amides is 1. The zero-order valence-corrected chi connectivity index (χ0v) is 17.0. The molecule has 3 aromatic heterocycles. The van der Waals surface area contributed by atoms with Crippen molar-refractivity contribution in [3.63, 3.8) is 0 Å². The van der Waals surface area contributed by atoms with Gasteiger partial charge in [0.2, 0.25) is 0 Å². The van der Waals surface area contributed by atoms with E-state index in [9.17, 15) is 4.79 Å². The number of carbonyl (C=O) groups excluding carboxylic acids is 1. The van der Waals surface area contributed by atoms with Crippen LogP contribution in [0.2, 0.25) is 10.0 Å². The highest BCUT2D eigenvalue weighted by Crippen LogP contribution is 2.27. The highest BCUT2D eigenvalue weighted by molar-refractivity contribution is 6.35. The molecular weight excluding hydrogens is 413 g/mol. The Morgan fingerprint density at radius 2 is 2.03 bits per heavy atom. The molecule has 3 heterocycles. The van der Waals surface area contributed by atoms with E-state index < -0.39 is 0 Å². The summed E-state index contributed by atoms with van der Waals surface area (Å²) in [5, 5.41) is 5.22. The average Bonchev–Trinajstić information content (AvgIpc) is 3.33. The predicted molar refractivity (Wildman–Crippen MR) is 110 cm³/mol. The van der Waals surface area contributed by atoms with Crippen LogP contribution in [0.4, 0.5) is 0 Å². The van der Waals surface area contributed by atoms with Crippen LogP contribution in [0.25, 0.3) is 5.65 Å². The lowest BCUT2D eigenvalue weighted by atomic mass is 10.3. The van der Waals surface area contributed by atoms with Crippen LogP contribution in [0.1, 0.15) is 16.2 Å². The molecule has 0 fully saturated rings. The van der Waals surface area contributed by atoms with E-state index in [0.717, 1.165) is 11.3 Å². The monoisotopic (exact) mass is 429 g/mol. The molecule has 1 aromatic carbocycles. The topological polar surface area (TPSA) is 64.7 Å². The van der Waals surface area contributed by atoms with Crippen molar-refractivity contribution in [2.75, 3.05) is 7.05 Å². The minimum absolute atomic E-state index is 0.116. The van der Waals surface area contributed by atoms with E-state index in [1.807, 2.05) is 35.0 Å². The van der Waals surface area contributed by atoms with E-state index in [1.165, 1.54) is 4.68 Å². The molecule has 0 bridgehead atoms. The third-order valence-electron chi connectivity index (χ3n) is 4.27. The van der Waals surface area contributed by atoms with E-state index in [4.69, 9.17) is 27.9 Å². The van der Waals surface area contributed by atoms with E-state index >= 15 is 0 Å². The van der Waals surface area contributed by atoms with Crippen LogP contribution in [0.5, 0.6) is 5.75 Å². The van der Waals surface area contributed by atoms with Gasteiger partial charge < -0.3 is 14.0 Å². The largest absolute Gasteiger partial charge is 0.470 e. The Labute approximate surface area is 177 Å². The van der Waals surface area contributed by atoms with Crippen molar-refractivity contribution in [3.05, 3.63) is 82.5 Å². The fourth-order valence-electron chi connectivity index (χ4n) is 2.85. The fraction of sp³-hybridized carbons (Fsp3) is 0.150. The average molecular weight is 430 g/mol. The number of halogens is 2. The number of aromatic nitrogens is 4. The first kappa shape index (κ1) is 19.3. The molecule has 0 spiro atoms. The summed E-state index contributed by atoms with van der Waals surface area (Å²) in [6.45, 7) is 0.495. The van der Waals surface area contributed by atoms with Crippen molar-refractivity contribution in [2.45, 2.75) is 13.3 Å². The van der Waals surface area contributed by atoms with Gasteiger partial charge in [-0.2, -0.15) is 5.10 Å². The summed E-state index contributed by atoms with van der Waals surface area (Å²) >= 11 is 12.0. The first-order valence-corrected chi connectivity index (χ1v) is 9.54. The standard InChI is InChI=1S/C20H17Cl2N5O2/c1-25(11-15-12-26-8-3-2-4-19(26)23-15)20(28)17-7-9-27(24-17)13-29-18-6-5-14(21)10-16(18)22/h2-10,12H,11,13H2,1H3. The van der Waals surface area contributed by atoms with Gasteiger partial charge in [-0.05, 0) is 36.4 Å². The molecule has 0 aliphatic rings. The second-order valence-corrected chi connectivity index (χ2v) is 7.29. The van der Waals surface area contributed by atoms with Gasteiger partial charge in [-0.25, -0.2) is 9.67 Å². The van der Waals surface area contributed by atoms with Gasteiger partial charge in [-0.3, -0.25) is 4.79 Å². The highest BCUT2D eigenvalue weighted by Gasteiger charge is 2.16. The summed E-state index contributed by atoms with van der Waals surface area (Å²) in [4.78, 5) is 18.8. The Balaban J connectivity index is 1.39. The summed E-state index contributed by atoms with van der Waals surface area (Å²) in [6, 6.07) is 12.4. The molecule has 4 aromatic rings. The van der Waals surface area contributed by atoms with Crippen LogP contribution in [0.15, 0.2) is 61.1 Å². The SMILES string of the molecule is CN(Cc1cn2ccccc2n1)C(=O)c1ccn(COc2ccc(Cl)cc2Cl)n1. The minimum Gasteiger partial charge on any atom is -0.470 e. The van der Waals surface area contributed by atoms with E-state index in [0.29, 0.717) is 28.0 Å². The first-order valence-electron chi connectivity index (χ1n) is 8.79. The summed E-state index contributed by atoms with van der Waals surface area (Å²) in [5.41, 5.74) is 1.96. The maximum atomic E-state index is 12.7. The lowest BCUT2D eigenvalue weighted by Crippen LogP contribution is -2.27. The normalized spacial score (nSPS) is 11.0. The van der Waals surface area contributed by atoms with Gasteiger partial charge in [-0.1, -0.05) is 29.3 Å². The zero-order chi connectivity index (χ0) is 20.4. The number of imidazole rings is 1. The molecule has 0 saturated heterocycles. The second kappa shape index (κ2) is 8.14. The highest BCUT2D eigenvalue weighted by atomic mass is 35.5. The van der Waals surface area contributed by atoms with Gasteiger partial charge in [0.25, 0.3) is 5.91 Å². The molecule has 0 saturated carbocycles. The van der Waals surface area contributed by atoms with Gasteiger partial charge >= 0.3 is 0 Å². The van der Waals surface area contributed by atoms with Crippen molar-refractivity contribution in [1.29, 1.82) is 0 Å². The van der Waals surface area contributed by atoms with Gasteiger partial charge in [0, 0.05) is 30.7 Å². The van der Waals surface area contributed by atoms with Gasteiger partial charge in [0.15, 0.2) is 12.4 Å². The number of nitrogens with zero attached hydrogens (tertiary/aromatic N) is 5. The van der Waals surface area contributed by atoms with E-state index in [2.05, 4.69) is 10.1 Å². The summed E-state index contributed by atoms with van der Waals surface area (Å²) in [7, 11) is 1.72. The number of pyridine rings is 1. The molecule has 0 aliphatic carbocycles.